The monoisotopic (exact) mass is 224 g/mol. The first kappa shape index (κ1) is 4.54. The zero-order valence-electron chi connectivity index (χ0n) is 2.60. The molecule has 0 rings (SSSR count). The summed E-state index contributed by atoms with van der Waals surface area (Å²) >= 11 is 1.17. The molecule has 2 heteroatoms. The Bertz CT molecular complexity index is 20.0. The maximum absolute atomic E-state index is 3.85. The van der Waals surface area contributed by atoms with Crippen molar-refractivity contribution in [1.82, 2.24) is 0 Å². The molecule has 0 unspecified atom stereocenters. The van der Waals surface area contributed by atoms with Crippen molar-refractivity contribution in [1.29, 1.82) is 0 Å². The predicted molar refractivity (Wildman–Crippen MR) is 13.0 cm³/mol. The summed E-state index contributed by atoms with van der Waals surface area (Å²) in [6.45, 7) is 3.04. The zero-order chi connectivity index (χ0) is 3.41. The molecule has 0 N–H and O–H groups in total. The van der Waals surface area contributed by atoms with Gasteiger partial charge in [0.05, 0.1) is 0 Å². The summed E-state index contributed by atoms with van der Waals surface area (Å²) in [5, 5.41) is 0. The van der Waals surface area contributed by atoms with Gasteiger partial charge in [-0.2, -0.15) is 0 Å². The van der Waals surface area contributed by atoms with Crippen molar-refractivity contribution < 1.29 is 20.9 Å². The van der Waals surface area contributed by atoms with E-state index in [1.54, 1.807) is 0 Å². The second-order valence-corrected chi connectivity index (χ2v) is 1.47. The normalized spacial score (nSPS) is 6.00. The third-order valence-electron chi connectivity index (χ3n) is 0.141. The molecule has 0 saturated heterocycles. The van der Waals surface area contributed by atoms with Crippen LogP contribution in [0.4, 0.5) is 0 Å². The van der Waals surface area contributed by atoms with E-state index in [4.69, 9.17) is 0 Å². The SMILES string of the molecule is CC[N]=[Ta]. The summed E-state index contributed by atoms with van der Waals surface area (Å²) in [5.41, 5.74) is 0. The molecule has 0 atom stereocenters. The Morgan fingerprint density at radius 1 is 2.00 bits per heavy atom. The maximum atomic E-state index is 3.85. The molecule has 4 heavy (non-hydrogen) atoms. The Morgan fingerprint density at radius 2 is 2.25 bits per heavy atom. The predicted octanol–water partition coefficient (Wildman–Crippen LogP) is 0.737. The van der Waals surface area contributed by atoms with Gasteiger partial charge in [-0.25, -0.2) is 0 Å². The summed E-state index contributed by atoms with van der Waals surface area (Å²) in [5.74, 6) is 0. The molecule has 0 radical (unpaired) electrons. The molecular weight excluding hydrogens is 219 g/mol. The van der Waals surface area contributed by atoms with E-state index in [0.29, 0.717) is 0 Å². The molecule has 23 valence electrons. The molecule has 0 aromatic carbocycles. The van der Waals surface area contributed by atoms with E-state index in [2.05, 4.69) is 3.34 Å². The van der Waals surface area contributed by atoms with Crippen molar-refractivity contribution >= 4 is 0 Å². The van der Waals surface area contributed by atoms with Crippen LogP contribution in [0.25, 0.3) is 0 Å². The molecule has 0 fully saturated rings. The van der Waals surface area contributed by atoms with E-state index in [1.165, 1.54) is 20.9 Å². The van der Waals surface area contributed by atoms with Crippen LogP contribution in [0.5, 0.6) is 0 Å². The van der Waals surface area contributed by atoms with Gasteiger partial charge in [0.1, 0.15) is 0 Å². The molecule has 0 aromatic heterocycles. The van der Waals surface area contributed by atoms with Gasteiger partial charge in [0.15, 0.2) is 0 Å². The van der Waals surface area contributed by atoms with E-state index in [-0.39, 0.29) is 0 Å². The van der Waals surface area contributed by atoms with E-state index < -0.39 is 0 Å². The van der Waals surface area contributed by atoms with Crippen LogP contribution < -0.4 is 0 Å². The Labute approximate surface area is 38.2 Å². The minimum absolute atomic E-state index is 0.994. The van der Waals surface area contributed by atoms with Crippen molar-refractivity contribution in [3.8, 4) is 0 Å². The fourth-order valence-electron chi connectivity index (χ4n) is 0. The van der Waals surface area contributed by atoms with Crippen LogP contribution in [0.1, 0.15) is 6.92 Å². The topological polar surface area (TPSA) is 12.4 Å². The Morgan fingerprint density at radius 3 is 2.25 bits per heavy atom. The molecule has 0 amide bonds. The fourth-order valence-corrected chi connectivity index (χ4v) is 0. The van der Waals surface area contributed by atoms with Gasteiger partial charge in [0.2, 0.25) is 0 Å². The fraction of sp³-hybridized carbons (Fsp3) is 1.00. The van der Waals surface area contributed by atoms with Crippen molar-refractivity contribution in [2.24, 2.45) is 3.34 Å². The van der Waals surface area contributed by atoms with Crippen LogP contribution in [0, 0.1) is 0 Å². The summed E-state index contributed by atoms with van der Waals surface area (Å²) in [6, 6.07) is 0. The van der Waals surface area contributed by atoms with E-state index in [1.807, 2.05) is 6.92 Å². The summed E-state index contributed by atoms with van der Waals surface area (Å²) in [6.07, 6.45) is 0. The molecule has 0 aliphatic carbocycles. The van der Waals surface area contributed by atoms with Crippen LogP contribution in [0.15, 0.2) is 3.34 Å². The summed E-state index contributed by atoms with van der Waals surface area (Å²) < 4.78 is 3.85. The summed E-state index contributed by atoms with van der Waals surface area (Å²) in [7, 11) is 0. The van der Waals surface area contributed by atoms with Gasteiger partial charge in [-0.15, -0.1) is 0 Å². The number of rotatable bonds is 1. The van der Waals surface area contributed by atoms with Gasteiger partial charge in [-0.3, -0.25) is 0 Å². The Balaban J connectivity index is 2.30. The van der Waals surface area contributed by atoms with Gasteiger partial charge >= 0.3 is 37.7 Å². The third-order valence-corrected chi connectivity index (χ3v) is 1.16. The Hall–Kier alpha value is 0.540. The number of hydrogen-bond acceptors (Lipinski definition) is 1. The number of hydrogen-bond donors (Lipinski definition) is 0. The number of nitrogens with zero attached hydrogens (tertiary/aromatic N) is 1. The van der Waals surface area contributed by atoms with Crippen molar-refractivity contribution in [2.45, 2.75) is 6.92 Å². The molecule has 0 heterocycles. The second-order valence-electron chi connectivity index (χ2n) is 0.458. The first-order valence-electron chi connectivity index (χ1n) is 1.22. The van der Waals surface area contributed by atoms with Gasteiger partial charge in [0, 0.05) is 0 Å². The first-order valence-corrected chi connectivity index (χ1v) is 2.66. The van der Waals surface area contributed by atoms with E-state index >= 15 is 0 Å². The van der Waals surface area contributed by atoms with Crippen LogP contribution in [-0.4, -0.2) is 6.54 Å². The van der Waals surface area contributed by atoms with Crippen LogP contribution in [-0.2, 0) is 20.9 Å². The molecule has 1 nitrogen and oxygen atoms in total. The van der Waals surface area contributed by atoms with Crippen LogP contribution >= 0.6 is 0 Å². The van der Waals surface area contributed by atoms with Gasteiger partial charge in [-0.05, 0) is 0 Å². The van der Waals surface area contributed by atoms with Gasteiger partial charge in [0.25, 0.3) is 0 Å². The first-order chi connectivity index (χ1) is 1.91. The zero-order valence-corrected chi connectivity index (χ0v) is 5.81. The molecule has 0 aliphatic heterocycles. The average Bonchev–Trinajstić information content (AvgIpc) is 1.37. The summed E-state index contributed by atoms with van der Waals surface area (Å²) in [4.78, 5) is 0. The quantitative estimate of drug-likeness (QED) is 0.622. The van der Waals surface area contributed by atoms with E-state index in [0.717, 1.165) is 6.54 Å². The molecule has 0 aromatic rings. The van der Waals surface area contributed by atoms with Crippen molar-refractivity contribution in [3.05, 3.63) is 0 Å². The van der Waals surface area contributed by atoms with Gasteiger partial charge in [-0.1, -0.05) is 0 Å². The van der Waals surface area contributed by atoms with E-state index in [9.17, 15) is 0 Å². The van der Waals surface area contributed by atoms with Crippen molar-refractivity contribution in [3.63, 3.8) is 0 Å². The Kier molecular flexibility index (Phi) is 4.02. The van der Waals surface area contributed by atoms with Crippen LogP contribution in [0.2, 0.25) is 0 Å². The minimum atomic E-state index is 0.994. The molecule has 0 aliphatic rings. The molecule has 0 bridgehead atoms. The third kappa shape index (κ3) is 2.54. The molecule has 0 spiro atoms. The van der Waals surface area contributed by atoms with Gasteiger partial charge < -0.3 is 0 Å². The van der Waals surface area contributed by atoms with Crippen molar-refractivity contribution in [2.75, 3.05) is 6.54 Å². The second kappa shape index (κ2) is 3.54. The average molecular weight is 224 g/mol. The molecular formula is C2H5NTa. The molecule has 0 saturated carbocycles. The van der Waals surface area contributed by atoms with Crippen LogP contribution in [0.3, 0.4) is 0 Å². The standard InChI is InChI=1S/C2H5N.Ta/c1-2-3;/h2H2,1H3;.